The average Bonchev–Trinajstić information content (AvgIpc) is 3.43. The molecule has 8 nitrogen and oxygen atoms in total. The fourth-order valence-electron chi connectivity index (χ4n) is 2.93. The Morgan fingerprint density at radius 1 is 0.750 bits per heavy atom. The maximum absolute atomic E-state index is 10.5. The zero-order chi connectivity index (χ0) is 24.4. The lowest BCUT2D eigenvalue weighted by Gasteiger charge is -2.17. The standard InChI is InChI=1S/3C6H10O2.C4H6O2.C2H6/c1-5-2-3-6(7)8-4-5;1-5-3-2-4-6(7)8-5;1-2-5-3-6(7)8-4-5;5-4-2-1-3-6-4;1-2/h3*5H,2-4H2,1H3;1-3H2;1-2H3. The van der Waals surface area contributed by atoms with Crippen molar-refractivity contribution in [2.24, 2.45) is 11.8 Å². The van der Waals surface area contributed by atoms with Gasteiger partial charge in [-0.3, -0.25) is 19.2 Å². The Kier molecular flexibility index (Phi) is 17.2. The molecule has 0 saturated carbocycles. The Morgan fingerprint density at radius 3 is 1.66 bits per heavy atom. The van der Waals surface area contributed by atoms with Crippen molar-refractivity contribution in [1.82, 2.24) is 0 Å². The molecule has 4 fully saturated rings. The lowest BCUT2D eigenvalue weighted by molar-refractivity contribution is -0.152. The summed E-state index contributed by atoms with van der Waals surface area (Å²) in [6, 6.07) is 0. The van der Waals surface area contributed by atoms with Gasteiger partial charge in [-0.15, -0.1) is 0 Å². The van der Waals surface area contributed by atoms with Gasteiger partial charge < -0.3 is 18.9 Å². The van der Waals surface area contributed by atoms with Crippen LogP contribution in [0.5, 0.6) is 0 Å². The summed E-state index contributed by atoms with van der Waals surface area (Å²) < 4.78 is 18.8. The number of esters is 4. The SMILES string of the molecule is CC.CC1CCC(=O)OC1.CC1CCCC(=O)O1.CCC1COC(=O)C1.O=C1CCCO1. The summed E-state index contributed by atoms with van der Waals surface area (Å²) in [6.45, 7) is 12.0. The Balaban J connectivity index is 0.000000392. The van der Waals surface area contributed by atoms with Gasteiger partial charge in [0.1, 0.15) is 0 Å². The third-order valence-electron chi connectivity index (χ3n) is 5.00. The highest BCUT2D eigenvalue weighted by Gasteiger charge is 2.21. The number of carbonyl (C=O) groups is 4. The van der Waals surface area contributed by atoms with Crippen LogP contribution in [0.4, 0.5) is 0 Å². The molecule has 0 radical (unpaired) electrons. The van der Waals surface area contributed by atoms with Crippen LogP contribution >= 0.6 is 0 Å². The molecule has 4 rings (SSSR count). The highest BCUT2D eigenvalue weighted by atomic mass is 16.5. The minimum atomic E-state index is -0.0463. The van der Waals surface area contributed by atoms with Gasteiger partial charge >= 0.3 is 23.9 Å². The van der Waals surface area contributed by atoms with Crippen molar-refractivity contribution in [2.45, 2.75) is 98.5 Å². The van der Waals surface area contributed by atoms with E-state index in [0.717, 1.165) is 32.1 Å². The van der Waals surface area contributed by atoms with Crippen LogP contribution in [0, 0.1) is 11.8 Å². The number of hydrogen-bond donors (Lipinski definition) is 0. The molecule has 0 aromatic carbocycles. The van der Waals surface area contributed by atoms with E-state index in [4.69, 9.17) is 14.2 Å². The molecule has 0 aliphatic carbocycles. The van der Waals surface area contributed by atoms with Gasteiger partial charge in [0.2, 0.25) is 0 Å². The second-order valence-corrected chi connectivity index (χ2v) is 8.00. The first-order chi connectivity index (χ1) is 15.3. The molecule has 4 aliphatic rings. The van der Waals surface area contributed by atoms with Crippen LogP contribution in [0.2, 0.25) is 0 Å². The van der Waals surface area contributed by atoms with Crippen molar-refractivity contribution < 1.29 is 38.1 Å². The third kappa shape index (κ3) is 15.6. The van der Waals surface area contributed by atoms with Crippen molar-refractivity contribution in [3.8, 4) is 0 Å². The minimum absolute atomic E-state index is 0.0307. The summed E-state index contributed by atoms with van der Waals surface area (Å²) in [4.78, 5) is 41.2. The largest absolute Gasteiger partial charge is 0.466 e. The fourth-order valence-corrected chi connectivity index (χ4v) is 2.93. The highest BCUT2D eigenvalue weighted by molar-refractivity contribution is 5.71. The maximum Gasteiger partial charge on any atom is 0.306 e. The molecule has 0 aromatic rings. The van der Waals surface area contributed by atoms with Gasteiger partial charge in [-0.1, -0.05) is 27.7 Å². The van der Waals surface area contributed by atoms with Gasteiger partial charge in [0, 0.05) is 25.2 Å². The predicted molar refractivity (Wildman–Crippen MR) is 120 cm³/mol. The molecule has 4 heterocycles. The van der Waals surface area contributed by atoms with Crippen molar-refractivity contribution in [3.63, 3.8) is 0 Å². The number of hydrogen-bond acceptors (Lipinski definition) is 8. The molecule has 3 unspecified atom stereocenters. The van der Waals surface area contributed by atoms with Crippen LogP contribution < -0.4 is 0 Å². The number of cyclic esters (lactones) is 4. The van der Waals surface area contributed by atoms with Crippen LogP contribution in [-0.2, 0) is 38.1 Å². The Hall–Kier alpha value is -2.12. The Morgan fingerprint density at radius 2 is 1.38 bits per heavy atom. The van der Waals surface area contributed by atoms with Crippen molar-refractivity contribution in [1.29, 1.82) is 0 Å². The molecule has 0 bridgehead atoms. The average molecular weight is 459 g/mol. The molecule has 8 heteroatoms. The molecule has 0 amide bonds. The van der Waals surface area contributed by atoms with E-state index in [9.17, 15) is 19.2 Å². The molecule has 32 heavy (non-hydrogen) atoms. The summed E-state index contributed by atoms with van der Waals surface area (Å²) in [7, 11) is 0. The van der Waals surface area contributed by atoms with Gasteiger partial charge in [0.05, 0.1) is 32.3 Å². The smallest absolute Gasteiger partial charge is 0.306 e. The van der Waals surface area contributed by atoms with Crippen molar-refractivity contribution in [2.75, 3.05) is 19.8 Å². The minimum Gasteiger partial charge on any atom is -0.466 e. The second-order valence-electron chi connectivity index (χ2n) is 8.00. The lowest BCUT2D eigenvalue weighted by atomic mass is 10.1. The molecule has 0 N–H and O–H groups in total. The molecular weight excluding hydrogens is 416 g/mol. The molecule has 3 atom stereocenters. The molecule has 0 spiro atoms. The molecular formula is C24H42O8. The second kappa shape index (κ2) is 18.5. The quantitative estimate of drug-likeness (QED) is 0.421. The zero-order valence-corrected chi connectivity index (χ0v) is 20.5. The van der Waals surface area contributed by atoms with E-state index < -0.39 is 0 Å². The number of ether oxygens (including phenoxy) is 4. The number of carbonyl (C=O) groups excluding carboxylic acids is 4. The summed E-state index contributed by atoms with van der Waals surface area (Å²) >= 11 is 0. The summed E-state index contributed by atoms with van der Waals surface area (Å²) in [6.07, 6.45) is 7.66. The van der Waals surface area contributed by atoms with Crippen LogP contribution in [0.3, 0.4) is 0 Å². The topological polar surface area (TPSA) is 105 Å². The fraction of sp³-hybridized carbons (Fsp3) is 0.833. The van der Waals surface area contributed by atoms with E-state index in [1.807, 2.05) is 20.8 Å². The van der Waals surface area contributed by atoms with E-state index in [1.165, 1.54) is 0 Å². The lowest BCUT2D eigenvalue weighted by Crippen LogP contribution is -2.19. The summed E-state index contributed by atoms with van der Waals surface area (Å²) in [5.74, 6) is 0.925. The molecule has 186 valence electrons. The van der Waals surface area contributed by atoms with Gasteiger partial charge in [-0.25, -0.2) is 0 Å². The normalized spacial score (nSPS) is 26.0. The summed E-state index contributed by atoms with van der Waals surface area (Å²) in [5.41, 5.74) is 0. The van der Waals surface area contributed by atoms with E-state index in [1.54, 1.807) is 0 Å². The van der Waals surface area contributed by atoms with E-state index in [0.29, 0.717) is 57.3 Å². The first kappa shape index (κ1) is 29.9. The first-order valence-electron chi connectivity index (χ1n) is 12.0. The monoisotopic (exact) mass is 458 g/mol. The first-order valence-corrected chi connectivity index (χ1v) is 12.0. The van der Waals surface area contributed by atoms with Gasteiger partial charge in [0.25, 0.3) is 0 Å². The molecule has 4 saturated heterocycles. The van der Waals surface area contributed by atoms with Crippen LogP contribution in [-0.4, -0.2) is 49.8 Å². The van der Waals surface area contributed by atoms with Crippen LogP contribution in [0.15, 0.2) is 0 Å². The maximum atomic E-state index is 10.5. The van der Waals surface area contributed by atoms with Gasteiger partial charge in [-0.05, 0) is 44.9 Å². The molecule has 4 aliphatic heterocycles. The van der Waals surface area contributed by atoms with Crippen LogP contribution in [0.1, 0.15) is 92.4 Å². The van der Waals surface area contributed by atoms with Gasteiger partial charge in [-0.2, -0.15) is 0 Å². The van der Waals surface area contributed by atoms with Crippen molar-refractivity contribution >= 4 is 23.9 Å². The molecule has 0 aromatic heterocycles. The Labute approximate surface area is 192 Å². The van der Waals surface area contributed by atoms with Crippen molar-refractivity contribution in [3.05, 3.63) is 0 Å². The summed E-state index contributed by atoms with van der Waals surface area (Å²) in [5, 5.41) is 0. The van der Waals surface area contributed by atoms with Crippen LogP contribution in [0.25, 0.3) is 0 Å². The zero-order valence-electron chi connectivity index (χ0n) is 20.5. The predicted octanol–water partition coefficient (Wildman–Crippen LogP) is 4.37. The number of rotatable bonds is 1. The highest BCUT2D eigenvalue weighted by Crippen LogP contribution is 2.16. The van der Waals surface area contributed by atoms with E-state index in [2.05, 4.69) is 18.6 Å². The van der Waals surface area contributed by atoms with E-state index >= 15 is 0 Å². The van der Waals surface area contributed by atoms with Gasteiger partial charge in [0.15, 0.2) is 0 Å². The Bertz CT molecular complexity index is 540. The third-order valence-corrected chi connectivity index (χ3v) is 5.00. The van der Waals surface area contributed by atoms with E-state index in [-0.39, 0.29) is 30.0 Å².